The molecule has 14 heavy (non-hydrogen) atoms. The van der Waals surface area contributed by atoms with E-state index in [2.05, 4.69) is 20.8 Å². The van der Waals surface area contributed by atoms with Crippen LogP contribution in [0.25, 0.3) is 0 Å². The van der Waals surface area contributed by atoms with Gasteiger partial charge in [-0.05, 0) is 32.0 Å². The minimum Gasteiger partial charge on any atom is -0.360 e. The van der Waals surface area contributed by atoms with E-state index >= 15 is 0 Å². The molecule has 1 aromatic heterocycles. The van der Waals surface area contributed by atoms with Crippen LogP contribution in [0, 0.1) is 6.92 Å². The SMILES string of the molecule is Cc1nnc(CNC(=S)NC2CC2)s1. The fraction of sp³-hybridized carbons (Fsp3) is 0.625. The second-order valence-corrected chi connectivity index (χ2v) is 4.99. The molecule has 4 nitrogen and oxygen atoms in total. The first kappa shape index (κ1) is 9.79. The molecular formula is C8H12N4S2. The van der Waals surface area contributed by atoms with E-state index in [1.165, 1.54) is 12.8 Å². The van der Waals surface area contributed by atoms with Crippen molar-refractivity contribution in [3.05, 3.63) is 10.0 Å². The van der Waals surface area contributed by atoms with Gasteiger partial charge in [0.2, 0.25) is 0 Å². The Balaban J connectivity index is 1.73. The summed E-state index contributed by atoms with van der Waals surface area (Å²) >= 11 is 6.70. The van der Waals surface area contributed by atoms with Crippen LogP contribution in [-0.4, -0.2) is 21.4 Å². The van der Waals surface area contributed by atoms with Crippen molar-refractivity contribution in [1.29, 1.82) is 0 Å². The summed E-state index contributed by atoms with van der Waals surface area (Å²) in [4.78, 5) is 0. The maximum absolute atomic E-state index is 5.11. The van der Waals surface area contributed by atoms with Crippen molar-refractivity contribution in [2.75, 3.05) is 0 Å². The third-order valence-corrected chi connectivity index (χ3v) is 2.98. The first-order chi connectivity index (χ1) is 6.74. The smallest absolute Gasteiger partial charge is 0.166 e. The molecule has 0 aromatic carbocycles. The van der Waals surface area contributed by atoms with Gasteiger partial charge in [0.15, 0.2) is 5.11 Å². The zero-order valence-electron chi connectivity index (χ0n) is 7.91. The molecule has 0 spiro atoms. The molecule has 1 aliphatic carbocycles. The molecule has 0 amide bonds. The third-order valence-electron chi connectivity index (χ3n) is 1.88. The van der Waals surface area contributed by atoms with E-state index < -0.39 is 0 Å². The monoisotopic (exact) mass is 228 g/mol. The van der Waals surface area contributed by atoms with E-state index in [-0.39, 0.29) is 0 Å². The molecule has 0 saturated heterocycles. The maximum Gasteiger partial charge on any atom is 0.166 e. The lowest BCUT2D eigenvalue weighted by Gasteiger charge is -2.06. The highest BCUT2D eigenvalue weighted by Crippen LogP contribution is 2.18. The Kier molecular flexibility index (Phi) is 2.93. The molecule has 0 unspecified atom stereocenters. The first-order valence-electron chi connectivity index (χ1n) is 4.57. The summed E-state index contributed by atoms with van der Waals surface area (Å²) in [6.45, 7) is 2.62. The average Bonchev–Trinajstić information content (AvgIpc) is 2.85. The average molecular weight is 228 g/mol. The normalized spacial score (nSPS) is 15.2. The Labute approximate surface area is 92.1 Å². The number of thiocarbonyl (C=S) groups is 1. The van der Waals surface area contributed by atoms with Gasteiger partial charge in [-0.25, -0.2) is 0 Å². The summed E-state index contributed by atoms with van der Waals surface area (Å²) in [7, 11) is 0. The summed E-state index contributed by atoms with van der Waals surface area (Å²) < 4.78 is 0. The molecule has 1 saturated carbocycles. The van der Waals surface area contributed by atoms with Crippen molar-refractivity contribution in [1.82, 2.24) is 20.8 Å². The topological polar surface area (TPSA) is 49.8 Å². The van der Waals surface area contributed by atoms with Gasteiger partial charge in [0.05, 0.1) is 6.54 Å². The van der Waals surface area contributed by atoms with E-state index in [0.29, 0.717) is 12.6 Å². The number of hydrogen-bond acceptors (Lipinski definition) is 4. The Morgan fingerprint density at radius 2 is 2.36 bits per heavy atom. The van der Waals surface area contributed by atoms with Gasteiger partial charge >= 0.3 is 0 Å². The molecule has 2 rings (SSSR count). The quantitative estimate of drug-likeness (QED) is 0.755. The fourth-order valence-corrected chi connectivity index (χ4v) is 1.92. The highest BCUT2D eigenvalue weighted by Gasteiger charge is 2.21. The van der Waals surface area contributed by atoms with Crippen LogP contribution in [0.1, 0.15) is 22.9 Å². The number of aryl methyl sites for hydroxylation is 1. The standard InChI is InChI=1S/C8H12N4S2/c1-5-11-12-7(14-5)4-9-8(13)10-6-2-3-6/h6H,2-4H2,1H3,(H2,9,10,13). The van der Waals surface area contributed by atoms with Crippen LogP contribution in [0.3, 0.4) is 0 Å². The lowest BCUT2D eigenvalue weighted by molar-refractivity contribution is 0.813. The molecule has 1 fully saturated rings. The Morgan fingerprint density at radius 3 is 2.93 bits per heavy atom. The molecule has 2 N–H and O–H groups in total. The summed E-state index contributed by atoms with van der Waals surface area (Å²) in [5.74, 6) is 0. The van der Waals surface area contributed by atoms with Gasteiger partial charge < -0.3 is 10.6 Å². The van der Waals surface area contributed by atoms with Crippen LogP contribution in [-0.2, 0) is 6.54 Å². The van der Waals surface area contributed by atoms with Crippen LogP contribution in [0.15, 0.2) is 0 Å². The Hall–Kier alpha value is -0.750. The second kappa shape index (κ2) is 4.18. The number of nitrogens with one attached hydrogen (secondary N) is 2. The van der Waals surface area contributed by atoms with Crippen molar-refractivity contribution in [2.24, 2.45) is 0 Å². The van der Waals surface area contributed by atoms with Gasteiger partial charge in [-0.2, -0.15) is 0 Å². The van der Waals surface area contributed by atoms with Gasteiger partial charge in [0.25, 0.3) is 0 Å². The fourth-order valence-electron chi connectivity index (χ4n) is 1.03. The minimum atomic E-state index is 0.603. The largest absolute Gasteiger partial charge is 0.360 e. The lowest BCUT2D eigenvalue weighted by Crippen LogP contribution is -2.36. The van der Waals surface area contributed by atoms with Crippen LogP contribution < -0.4 is 10.6 Å². The molecule has 76 valence electrons. The Bertz CT molecular complexity index is 332. The van der Waals surface area contributed by atoms with Crippen molar-refractivity contribution in [3.63, 3.8) is 0 Å². The van der Waals surface area contributed by atoms with E-state index in [1.807, 2.05) is 6.92 Å². The van der Waals surface area contributed by atoms with Crippen molar-refractivity contribution in [2.45, 2.75) is 32.4 Å². The van der Waals surface area contributed by atoms with Crippen LogP contribution >= 0.6 is 23.6 Å². The zero-order valence-corrected chi connectivity index (χ0v) is 9.54. The van der Waals surface area contributed by atoms with Gasteiger partial charge in [0.1, 0.15) is 10.0 Å². The summed E-state index contributed by atoms with van der Waals surface area (Å²) in [6.07, 6.45) is 2.47. The number of nitrogens with zero attached hydrogens (tertiary/aromatic N) is 2. The van der Waals surface area contributed by atoms with Crippen LogP contribution in [0.2, 0.25) is 0 Å². The van der Waals surface area contributed by atoms with E-state index in [9.17, 15) is 0 Å². The van der Waals surface area contributed by atoms with Gasteiger partial charge in [-0.1, -0.05) is 11.3 Å². The highest BCUT2D eigenvalue weighted by molar-refractivity contribution is 7.80. The molecular weight excluding hydrogens is 216 g/mol. The lowest BCUT2D eigenvalue weighted by atomic mass is 10.6. The minimum absolute atomic E-state index is 0.603. The molecule has 0 aliphatic heterocycles. The van der Waals surface area contributed by atoms with Gasteiger partial charge in [0, 0.05) is 6.04 Å². The predicted molar refractivity (Wildman–Crippen MR) is 60.2 cm³/mol. The van der Waals surface area contributed by atoms with Crippen molar-refractivity contribution >= 4 is 28.7 Å². The predicted octanol–water partition coefficient (Wildman–Crippen LogP) is 0.973. The first-order valence-corrected chi connectivity index (χ1v) is 5.80. The summed E-state index contributed by atoms with van der Waals surface area (Å²) in [5.41, 5.74) is 0. The molecule has 1 heterocycles. The van der Waals surface area contributed by atoms with Gasteiger partial charge in [-0.3, -0.25) is 0 Å². The third kappa shape index (κ3) is 2.88. The zero-order chi connectivity index (χ0) is 9.97. The summed E-state index contributed by atoms with van der Waals surface area (Å²) in [5, 5.41) is 16.9. The highest BCUT2D eigenvalue weighted by atomic mass is 32.1. The maximum atomic E-state index is 5.11. The molecule has 1 aliphatic rings. The van der Waals surface area contributed by atoms with Gasteiger partial charge in [-0.15, -0.1) is 10.2 Å². The van der Waals surface area contributed by atoms with E-state index in [1.54, 1.807) is 11.3 Å². The van der Waals surface area contributed by atoms with Crippen molar-refractivity contribution < 1.29 is 0 Å². The summed E-state index contributed by atoms with van der Waals surface area (Å²) in [6, 6.07) is 0.603. The number of aromatic nitrogens is 2. The van der Waals surface area contributed by atoms with Crippen LogP contribution in [0.4, 0.5) is 0 Å². The number of hydrogen-bond donors (Lipinski definition) is 2. The van der Waals surface area contributed by atoms with E-state index in [0.717, 1.165) is 15.1 Å². The van der Waals surface area contributed by atoms with Crippen molar-refractivity contribution in [3.8, 4) is 0 Å². The second-order valence-electron chi connectivity index (χ2n) is 3.32. The Morgan fingerprint density at radius 1 is 1.57 bits per heavy atom. The van der Waals surface area contributed by atoms with Crippen LogP contribution in [0.5, 0.6) is 0 Å². The molecule has 0 radical (unpaired) electrons. The molecule has 0 bridgehead atoms. The van der Waals surface area contributed by atoms with E-state index in [4.69, 9.17) is 12.2 Å². The molecule has 0 atom stereocenters. The molecule has 1 aromatic rings. The molecule has 6 heteroatoms. The number of rotatable bonds is 3.